The van der Waals surface area contributed by atoms with Crippen LogP contribution in [0.2, 0.25) is 5.02 Å². The largest absolute Gasteiger partial charge is 0.485 e. The smallest absolute Gasteiger partial charge is 0.200 e. The summed E-state index contributed by atoms with van der Waals surface area (Å²) in [5.74, 6) is -0.433. The van der Waals surface area contributed by atoms with Crippen LogP contribution in [-0.4, -0.2) is 12.4 Å². The molecule has 0 spiro atoms. The third kappa shape index (κ3) is 3.58. The maximum absolute atomic E-state index is 13.2. The number of carbonyl (C=O) groups excluding carboxylic acids is 1. The minimum atomic E-state index is -0.566. The molecule has 20 heavy (non-hydrogen) atoms. The lowest BCUT2D eigenvalue weighted by Gasteiger charge is -2.06. The van der Waals surface area contributed by atoms with Gasteiger partial charge in [0.05, 0.1) is 5.02 Å². The van der Waals surface area contributed by atoms with Gasteiger partial charge in [0.2, 0.25) is 0 Å². The molecule has 0 unspecified atom stereocenters. The van der Waals surface area contributed by atoms with Crippen molar-refractivity contribution in [3.8, 4) is 5.75 Å². The van der Waals surface area contributed by atoms with E-state index in [-0.39, 0.29) is 23.2 Å². The molecule has 0 aliphatic carbocycles. The molecule has 104 valence electrons. The van der Waals surface area contributed by atoms with Gasteiger partial charge < -0.3 is 4.74 Å². The van der Waals surface area contributed by atoms with Crippen molar-refractivity contribution in [3.63, 3.8) is 0 Å². The van der Waals surface area contributed by atoms with E-state index >= 15 is 0 Å². The Morgan fingerprint density at radius 2 is 1.90 bits per heavy atom. The molecule has 0 radical (unpaired) electrons. The first-order valence-corrected chi connectivity index (χ1v) is 6.68. The molecule has 0 aliphatic rings. The number of ketones is 1. The molecule has 0 saturated heterocycles. The summed E-state index contributed by atoms with van der Waals surface area (Å²) in [6.45, 7) is 1.92. The van der Waals surface area contributed by atoms with Crippen molar-refractivity contribution >= 4 is 17.4 Å². The monoisotopic (exact) mass is 292 g/mol. The van der Waals surface area contributed by atoms with Gasteiger partial charge in [0.15, 0.2) is 12.4 Å². The molecule has 0 fully saturated rings. The summed E-state index contributed by atoms with van der Waals surface area (Å²) in [5.41, 5.74) is 1.75. The van der Waals surface area contributed by atoms with Crippen molar-refractivity contribution in [2.75, 3.05) is 6.61 Å². The maximum atomic E-state index is 13.2. The van der Waals surface area contributed by atoms with Crippen molar-refractivity contribution in [1.29, 1.82) is 0 Å². The normalized spacial score (nSPS) is 10.3. The molecule has 0 bridgehead atoms. The van der Waals surface area contributed by atoms with Crippen LogP contribution in [0.4, 0.5) is 4.39 Å². The minimum Gasteiger partial charge on any atom is -0.485 e. The van der Waals surface area contributed by atoms with Crippen molar-refractivity contribution in [1.82, 2.24) is 0 Å². The standard InChI is InChI=1S/C16H14ClFO2/c1-2-11-3-5-12(6-4-11)16(19)10-20-13-7-8-14(17)15(18)9-13/h3-9H,2,10H2,1H3. The van der Waals surface area contributed by atoms with Gasteiger partial charge in [-0.15, -0.1) is 0 Å². The molecule has 0 N–H and O–H groups in total. The zero-order valence-electron chi connectivity index (χ0n) is 11.0. The molecule has 0 aliphatic heterocycles. The Bertz CT molecular complexity index is 608. The average Bonchev–Trinajstić information content (AvgIpc) is 2.48. The highest BCUT2D eigenvalue weighted by Gasteiger charge is 2.08. The third-order valence-electron chi connectivity index (χ3n) is 2.95. The van der Waals surface area contributed by atoms with E-state index in [4.69, 9.17) is 16.3 Å². The van der Waals surface area contributed by atoms with Crippen LogP contribution in [0.25, 0.3) is 0 Å². The van der Waals surface area contributed by atoms with E-state index in [2.05, 4.69) is 6.92 Å². The number of hydrogen-bond donors (Lipinski definition) is 0. The quantitative estimate of drug-likeness (QED) is 0.768. The van der Waals surface area contributed by atoms with Crippen LogP contribution in [0.15, 0.2) is 42.5 Å². The Balaban J connectivity index is 1.98. The van der Waals surface area contributed by atoms with Gasteiger partial charge in [0, 0.05) is 11.6 Å². The molecular weight excluding hydrogens is 279 g/mol. The summed E-state index contributed by atoms with van der Waals surface area (Å²) in [6, 6.07) is 11.5. The predicted molar refractivity (Wildman–Crippen MR) is 77.1 cm³/mol. The van der Waals surface area contributed by atoms with E-state index in [1.54, 1.807) is 12.1 Å². The van der Waals surface area contributed by atoms with Gasteiger partial charge in [-0.3, -0.25) is 4.79 Å². The van der Waals surface area contributed by atoms with Gasteiger partial charge in [-0.2, -0.15) is 0 Å². The lowest BCUT2D eigenvalue weighted by molar-refractivity contribution is 0.0921. The predicted octanol–water partition coefficient (Wildman–Crippen LogP) is 4.30. The highest BCUT2D eigenvalue weighted by molar-refractivity contribution is 6.30. The van der Waals surface area contributed by atoms with Crippen LogP contribution in [-0.2, 0) is 6.42 Å². The van der Waals surface area contributed by atoms with Gasteiger partial charge in [-0.25, -0.2) is 4.39 Å². The van der Waals surface area contributed by atoms with Gasteiger partial charge >= 0.3 is 0 Å². The summed E-state index contributed by atoms with van der Waals surface area (Å²) >= 11 is 5.57. The fourth-order valence-electron chi connectivity index (χ4n) is 1.73. The fourth-order valence-corrected chi connectivity index (χ4v) is 1.84. The number of benzene rings is 2. The molecular formula is C16H14ClFO2. The van der Waals surface area contributed by atoms with Crippen LogP contribution in [0.3, 0.4) is 0 Å². The number of halogens is 2. The highest BCUT2D eigenvalue weighted by atomic mass is 35.5. The molecule has 2 nitrogen and oxygen atoms in total. The van der Waals surface area contributed by atoms with Gasteiger partial charge in [-0.05, 0) is 24.1 Å². The summed E-state index contributed by atoms with van der Waals surface area (Å²) < 4.78 is 18.5. The van der Waals surface area contributed by atoms with Crippen LogP contribution in [0, 0.1) is 5.82 Å². The Morgan fingerprint density at radius 3 is 2.50 bits per heavy atom. The van der Waals surface area contributed by atoms with E-state index in [9.17, 15) is 9.18 Å². The van der Waals surface area contributed by atoms with Crippen LogP contribution in [0.5, 0.6) is 5.75 Å². The van der Waals surface area contributed by atoms with Crippen LogP contribution < -0.4 is 4.74 Å². The average molecular weight is 293 g/mol. The Hall–Kier alpha value is -1.87. The Labute approximate surface area is 122 Å². The number of rotatable bonds is 5. The zero-order chi connectivity index (χ0) is 14.5. The second kappa shape index (κ2) is 6.53. The topological polar surface area (TPSA) is 26.3 Å². The number of ether oxygens (including phenoxy) is 1. The number of aryl methyl sites for hydroxylation is 1. The maximum Gasteiger partial charge on any atom is 0.200 e. The summed E-state index contributed by atoms with van der Waals surface area (Å²) in [7, 11) is 0. The van der Waals surface area contributed by atoms with Crippen molar-refractivity contribution in [3.05, 3.63) is 64.4 Å². The second-order valence-electron chi connectivity index (χ2n) is 4.34. The first-order valence-electron chi connectivity index (χ1n) is 6.30. The molecule has 0 atom stereocenters. The fraction of sp³-hybridized carbons (Fsp3) is 0.188. The second-order valence-corrected chi connectivity index (χ2v) is 4.75. The lowest BCUT2D eigenvalue weighted by Crippen LogP contribution is -2.11. The van der Waals surface area contributed by atoms with Gasteiger partial charge in [-0.1, -0.05) is 42.8 Å². The van der Waals surface area contributed by atoms with E-state index < -0.39 is 5.82 Å². The Morgan fingerprint density at radius 1 is 1.20 bits per heavy atom. The first kappa shape index (κ1) is 14.5. The first-order chi connectivity index (χ1) is 9.60. The summed E-state index contributed by atoms with van der Waals surface area (Å²) in [4.78, 5) is 11.9. The van der Waals surface area contributed by atoms with Gasteiger partial charge in [0.1, 0.15) is 11.6 Å². The molecule has 0 saturated carbocycles. The van der Waals surface area contributed by atoms with Gasteiger partial charge in [0.25, 0.3) is 0 Å². The number of hydrogen-bond acceptors (Lipinski definition) is 2. The molecule has 2 aromatic rings. The summed E-state index contributed by atoms with van der Waals surface area (Å²) in [5, 5.41) is 0.0267. The van der Waals surface area contributed by atoms with Crippen molar-refractivity contribution in [2.24, 2.45) is 0 Å². The van der Waals surface area contributed by atoms with E-state index in [0.29, 0.717) is 5.56 Å². The third-order valence-corrected chi connectivity index (χ3v) is 3.25. The molecule has 0 heterocycles. The molecule has 0 amide bonds. The van der Waals surface area contributed by atoms with E-state index in [1.165, 1.54) is 17.7 Å². The Kier molecular flexibility index (Phi) is 4.74. The van der Waals surface area contributed by atoms with E-state index in [1.807, 2.05) is 12.1 Å². The van der Waals surface area contributed by atoms with E-state index in [0.717, 1.165) is 12.5 Å². The SMILES string of the molecule is CCc1ccc(C(=O)COc2ccc(Cl)c(F)c2)cc1. The molecule has 4 heteroatoms. The van der Waals surface area contributed by atoms with Crippen molar-refractivity contribution < 1.29 is 13.9 Å². The van der Waals surface area contributed by atoms with Crippen LogP contribution in [0.1, 0.15) is 22.8 Å². The minimum absolute atomic E-state index is 0.0267. The highest BCUT2D eigenvalue weighted by Crippen LogP contribution is 2.20. The summed E-state index contributed by atoms with van der Waals surface area (Å²) in [6.07, 6.45) is 0.926. The number of Topliss-reactive ketones (excluding diaryl/α,β-unsaturated/α-hetero) is 1. The number of carbonyl (C=O) groups is 1. The molecule has 0 aromatic heterocycles. The van der Waals surface area contributed by atoms with Crippen molar-refractivity contribution in [2.45, 2.75) is 13.3 Å². The zero-order valence-corrected chi connectivity index (χ0v) is 11.8. The van der Waals surface area contributed by atoms with Crippen LogP contribution >= 0.6 is 11.6 Å². The molecule has 2 rings (SSSR count). The molecule has 2 aromatic carbocycles. The lowest BCUT2D eigenvalue weighted by atomic mass is 10.1.